The van der Waals surface area contributed by atoms with Crippen molar-refractivity contribution in [2.24, 2.45) is 0 Å². The lowest BCUT2D eigenvalue weighted by molar-refractivity contribution is -0.141. The van der Waals surface area contributed by atoms with Gasteiger partial charge in [0.1, 0.15) is 6.04 Å². The number of hydrogen-bond acceptors (Lipinski definition) is 3. The summed E-state index contributed by atoms with van der Waals surface area (Å²) < 4.78 is 0. The Morgan fingerprint density at radius 2 is 1.86 bits per heavy atom. The molecule has 0 saturated carbocycles. The molecule has 0 aromatic carbocycles. The number of amides is 2. The van der Waals surface area contributed by atoms with Crippen molar-refractivity contribution in [2.75, 3.05) is 12.3 Å². The molecule has 6 heteroatoms. The standard InChI is InChI=1S/C15H28N2O3S/c1-3-5-6-7-8-9-10-16-15(20)17-12(14(18)19)11-21-13(17)4-2/h12-13H,3-11H2,1-2H3,(H,16,20)(H,18,19). The van der Waals surface area contributed by atoms with Gasteiger partial charge < -0.3 is 10.4 Å². The van der Waals surface area contributed by atoms with Crippen LogP contribution in [-0.4, -0.2) is 45.7 Å². The first-order valence-corrected chi connectivity index (χ1v) is 9.07. The summed E-state index contributed by atoms with van der Waals surface area (Å²) in [6.45, 7) is 4.81. The van der Waals surface area contributed by atoms with Gasteiger partial charge in [-0.15, -0.1) is 11.8 Å². The van der Waals surface area contributed by atoms with Crippen molar-refractivity contribution in [1.82, 2.24) is 10.2 Å². The van der Waals surface area contributed by atoms with E-state index in [4.69, 9.17) is 0 Å². The number of aliphatic carboxylic acids is 1. The Hall–Kier alpha value is -0.910. The van der Waals surface area contributed by atoms with E-state index < -0.39 is 12.0 Å². The quantitative estimate of drug-likeness (QED) is 0.640. The monoisotopic (exact) mass is 316 g/mol. The summed E-state index contributed by atoms with van der Waals surface area (Å²) in [6, 6.07) is -0.919. The van der Waals surface area contributed by atoms with Gasteiger partial charge in [0.15, 0.2) is 0 Å². The van der Waals surface area contributed by atoms with Crippen LogP contribution in [-0.2, 0) is 4.79 Å². The number of carbonyl (C=O) groups is 2. The second-order valence-electron chi connectivity index (χ2n) is 5.46. The van der Waals surface area contributed by atoms with E-state index in [0.717, 1.165) is 19.3 Å². The zero-order valence-electron chi connectivity index (χ0n) is 13.1. The highest BCUT2D eigenvalue weighted by atomic mass is 32.2. The molecule has 1 heterocycles. The molecular formula is C15H28N2O3S. The van der Waals surface area contributed by atoms with Crippen LogP contribution in [0.25, 0.3) is 0 Å². The third-order valence-corrected chi connectivity index (χ3v) is 5.22. The minimum atomic E-state index is -0.909. The molecule has 1 rings (SSSR count). The smallest absolute Gasteiger partial charge is 0.327 e. The van der Waals surface area contributed by atoms with Gasteiger partial charge in [-0.2, -0.15) is 0 Å². The fraction of sp³-hybridized carbons (Fsp3) is 0.867. The van der Waals surface area contributed by atoms with Gasteiger partial charge in [-0.25, -0.2) is 9.59 Å². The summed E-state index contributed by atoms with van der Waals surface area (Å²) in [5.74, 6) is -0.425. The average Bonchev–Trinajstić information content (AvgIpc) is 2.90. The molecule has 2 unspecified atom stereocenters. The van der Waals surface area contributed by atoms with Gasteiger partial charge in [-0.05, 0) is 12.8 Å². The Bertz CT molecular complexity index is 339. The number of urea groups is 1. The molecule has 1 saturated heterocycles. The van der Waals surface area contributed by atoms with Crippen LogP contribution < -0.4 is 5.32 Å². The molecule has 0 spiro atoms. The number of nitrogens with zero attached hydrogens (tertiary/aromatic N) is 1. The van der Waals surface area contributed by atoms with Crippen molar-refractivity contribution in [3.8, 4) is 0 Å². The van der Waals surface area contributed by atoms with Gasteiger partial charge in [0.05, 0.1) is 5.37 Å². The summed E-state index contributed by atoms with van der Waals surface area (Å²) in [6.07, 6.45) is 7.83. The van der Waals surface area contributed by atoms with Crippen LogP contribution in [0.15, 0.2) is 0 Å². The Morgan fingerprint density at radius 3 is 2.48 bits per heavy atom. The number of carbonyl (C=O) groups excluding carboxylic acids is 1. The summed E-state index contributed by atoms with van der Waals surface area (Å²) in [5.41, 5.74) is 0. The topological polar surface area (TPSA) is 69.6 Å². The summed E-state index contributed by atoms with van der Waals surface area (Å²) in [5, 5.41) is 12.1. The largest absolute Gasteiger partial charge is 0.480 e. The maximum Gasteiger partial charge on any atom is 0.327 e. The minimum absolute atomic E-state index is 0.0179. The van der Waals surface area contributed by atoms with Gasteiger partial charge >= 0.3 is 12.0 Å². The molecule has 0 bridgehead atoms. The molecule has 1 aliphatic rings. The van der Waals surface area contributed by atoms with Crippen LogP contribution in [0, 0.1) is 0 Å². The number of carboxylic acids is 1. The Kier molecular flexibility index (Phi) is 8.57. The number of unbranched alkanes of at least 4 members (excludes halogenated alkanes) is 5. The second-order valence-corrected chi connectivity index (χ2v) is 6.67. The zero-order valence-corrected chi connectivity index (χ0v) is 14.0. The van der Waals surface area contributed by atoms with E-state index in [1.807, 2.05) is 6.92 Å². The van der Waals surface area contributed by atoms with Gasteiger partial charge in [-0.1, -0.05) is 46.0 Å². The molecule has 0 aromatic heterocycles. The van der Waals surface area contributed by atoms with Crippen molar-refractivity contribution in [3.05, 3.63) is 0 Å². The highest BCUT2D eigenvalue weighted by Crippen LogP contribution is 2.31. The molecule has 21 heavy (non-hydrogen) atoms. The molecule has 122 valence electrons. The van der Waals surface area contributed by atoms with E-state index in [0.29, 0.717) is 12.3 Å². The van der Waals surface area contributed by atoms with Crippen LogP contribution >= 0.6 is 11.8 Å². The predicted octanol–water partition coefficient (Wildman–Crippen LogP) is 3.29. The number of rotatable bonds is 9. The minimum Gasteiger partial charge on any atom is -0.480 e. The van der Waals surface area contributed by atoms with Crippen LogP contribution in [0.5, 0.6) is 0 Å². The van der Waals surface area contributed by atoms with Crippen molar-refractivity contribution < 1.29 is 14.7 Å². The van der Waals surface area contributed by atoms with E-state index in [1.54, 1.807) is 11.8 Å². The van der Waals surface area contributed by atoms with E-state index in [-0.39, 0.29) is 11.4 Å². The van der Waals surface area contributed by atoms with E-state index in [1.165, 1.54) is 30.6 Å². The number of hydrogen-bond donors (Lipinski definition) is 2. The van der Waals surface area contributed by atoms with Crippen LogP contribution in [0.2, 0.25) is 0 Å². The van der Waals surface area contributed by atoms with Gasteiger partial charge in [0.2, 0.25) is 0 Å². The zero-order chi connectivity index (χ0) is 15.7. The first-order chi connectivity index (χ1) is 10.1. The van der Waals surface area contributed by atoms with Crippen LogP contribution in [0.4, 0.5) is 4.79 Å². The van der Waals surface area contributed by atoms with Gasteiger partial charge in [-0.3, -0.25) is 4.90 Å². The molecule has 2 amide bonds. The molecule has 2 atom stereocenters. The van der Waals surface area contributed by atoms with Crippen LogP contribution in [0.3, 0.4) is 0 Å². The summed E-state index contributed by atoms with van der Waals surface area (Å²) in [4.78, 5) is 24.9. The predicted molar refractivity (Wildman–Crippen MR) is 86.6 cm³/mol. The molecule has 0 radical (unpaired) electrons. The normalized spacial score (nSPS) is 21.5. The summed E-state index contributed by atoms with van der Waals surface area (Å²) in [7, 11) is 0. The third kappa shape index (κ3) is 5.77. The van der Waals surface area contributed by atoms with Crippen molar-refractivity contribution in [1.29, 1.82) is 0 Å². The molecule has 1 aliphatic heterocycles. The molecule has 2 N–H and O–H groups in total. The average molecular weight is 316 g/mol. The van der Waals surface area contributed by atoms with Gasteiger partial charge in [0.25, 0.3) is 0 Å². The first kappa shape index (κ1) is 18.1. The van der Waals surface area contributed by atoms with E-state index >= 15 is 0 Å². The van der Waals surface area contributed by atoms with Crippen LogP contribution in [0.1, 0.15) is 58.8 Å². The summed E-state index contributed by atoms with van der Waals surface area (Å²) >= 11 is 1.55. The SMILES string of the molecule is CCCCCCCCNC(=O)N1C(CC)SCC1C(=O)O. The molecule has 0 aliphatic carbocycles. The van der Waals surface area contributed by atoms with Crippen molar-refractivity contribution in [3.63, 3.8) is 0 Å². The molecule has 0 aromatic rings. The lowest BCUT2D eigenvalue weighted by Crippen LogP contribution is -2.50. The molecule has 1 fully saturated rings. The fourth-order valence-corrected chi connectivity index (χ4v) is 3.88. The maximum absolute atomic E-state index is 12.2. The van der Waals surface area contributed by atoms with E-state index in [2.05, 4.69) is 12.2 Å². The highest BCUT2D eigenvalue weighted by molar-refractivity contribution is 8.00. The maximum atomic E-state index is 12.2. The molecule has 5 nitrogen and oxygen atoms in total. The Labute approximate surface area is 131 Å². The number of carboxylic acid groups (broad SMARTS) is 1. The lowest BCUT2D eigenvalue weighted by Gasteiger charge is -2.26. The fourth-order valence-electron chi connectivity index (χ4n) is 2.53. The Morgan fingerprint density at radius 1 is 1.19 bits per heavy atom. The lowest BCUT2D eigenvalue weighted by atomic mass is 10.1. The Balaban J connectivity index is 2.30. The molecular weight excluding hydrogens is 288 g/mol. The third-order valence-electron chi connectivity index (χ3n) is 3.77. The van der Waals surface area contributed by atoms with E-state index in [9.17, 15) is 14.7 Å². The van der Waals surface area contributed by atoms with Gasteiger partial charge in [0, 0.05) is 12.3 Å². The van der Waals surface area contributed by atoms with Crippen molar-refractivity contribution >= 4 is 23.8 Å². The highest BCUT2D eigenvalue weighted by Gasteiger charge is 2.40. The van der Waals surface area contributed by atoms with Crippen molar-refractivity contribution in [2.45, 2.75) is 70.2 Å². The second kappa shape index (κ2) is 9.92. The number of nitrogens with one attached hydrogen (secondary N) is 1. The number of thioether (sulfide) groups is 1. The first-order valence-electron chi connectivity index (χ1n) is 8.02.